The summed E-state index contributed by atoms with van der Waals surface area (Å²) in [6.07, 6.45) is 2.50. The first-order valence-corrected chi connectivity index (χ1v) is 9.71. The Kier molecular flexibility index (Phi) is 5.02. The Morgan fingerprint density at radius 2 is 1.86 bits per heavy atom. The predicted octanol–water partition coefficient (Wildman–Crippen LogP) is 2.01. The van der Waals surface area contributed by atoms with Gasteiger partial charge >= 0.3 is 0 Å². The SMILES string of the molecule is CCn1cc(S(=O)(=O)NC(=O)c2cn(C)c(-c3c(F)cccc3F)n2)c(C)n1. The monoisotopic (exact) mass is 409 g/mol. The number of sulfonamides is 1. The highest BCUT2D eigenvalue weighted by Crippen LogP contribution is 2.25. The van der Waals surface area contributed by atoms with Gasteiger partial charge in [-0.1, -0.05) is 6.07 Å². The molecule has 2 aromatic heterocycles. The molecule has 1 N–H and O–H groups in total. The molecule has 1 amide bonds. The molecule has 0 aliphatic heterocycles. The molecule has 0 aliphatic carbocycles. The molecule has 0 unspecified atom stereocenters. The van der Waals surface area contributed by atoms with Crippen molar-refractivity contribution in [2.75, 3.05) is 0 Å². The van der Waals surface area contributed by atoms with Crippen molar-refractivity contribution in [1.82, 2.24) is 24.1 Å². The van der Waals surface area contributed by atoms with Gasteiger partial charge in [-0.05, 0) is 26.0 Å². The van der Waals surface area contributed by atoms with Gasteiger partial charge in [0.05, 0.1) is 11.3 Å². The standard InChI is InChI=1S/C17H17F2N5O3S/c1-4-24-9-14(10(2)21-24)28(26,27)22-17(25)13-8-23(3)16(20-13)15-11(18)6-5-7-12(15)19/h5-9H,4H2,1-3H3,(H,22,25). The second-order valence-electron chi connectivity index (χ2n) is 6.03. The maximum Gasteiger partial charge on any atom is 0.285 e. The quantitative estimate of drug-likeness (QED) is 0.695. The van der Waals surface area contributed by atoms with Crippen LogP contribution in [0.2, 0.25) is 0 Å². The van der Waals surface area contributed by atoms with E-state index in [0.29, 0.717) is 6.54 Å². The van der Waals surface area contributed by atoms with Crippen LogP contribution in [0.15, 0.2) is 35.5 Å². The van der Waals surface area contributed by atoms with Crippen LogP contribution in [0, 0.1) is 18.6 Å². The highest BCUT2D eigenvalue weighted by Gasteiger charge is 2.26. The minimum absolute atomic E-state index is 0.140. The lowest BCUT2D eigenvalue weighted by Crippen LogP contribution is -2.31. The smallest absolute Gasteiger partial charge is 0.285 e. The second-order valence-corrected chi connectivity index (χ2v) is 7.68. The molecule has 1 aromatic carbocycles. The molecule has 148 valence electrons. The van der Waals surface area contributed by atoms with Crippen molar-refractivity contribution >= 4 is 15.9 Å². The number of aryl methyl sites for hydroxylation is 3. The first-order valence-electron chi connectivity index (χ1n) is 8.23. The molecule has 0 bridgehead atoms. The number of amides is 1. The first kappa shape index (κ1) is 19.7. The fourth-order valence-corrected chi connectivity index (χ4v) is 3.82. The van der Waals surface area contributed by atoms with E-state index in [-0.39, 0.29) is 22.1 Å². The van der Waals surface area contributed by atoms with Crippen molar-refractivity contribution in [1.29, 1.82) is 0 Å². The van der Waals surface area contributed by atoms with Crippen molar-refractivity contribution in [3.05, 3.63) is 53.6 Å². The normalized spacial score (nSPS) is 11.6. The molecule has 3 aromatic rings. The molecule has 11 heteroatoms. The van der Waals surface area contributed by atoms with Gasteiger partial charge in [-0.25, -0.2) is 26.9 Å². The average Bonchev–Trinajstić information content (AvgIpc) is 3.18. The van der Waals surface area contributed by atoms with E-state index in [4.69, 9.17) is 0 Å². The Morgan fingerprint density at radius 1 is 1.21 bits per heavy atom. The van der Waals surface area contributed by atoms with Gasteiger partial charge in [-0.15, -0.1) is 0 Å². The fourth-order valence-electron chi connectivity index (χ4n) is 2.67. The largest absolute Gasteiger partial charge is 0.333 e. The molecule has 3 rings (SSSR count). The van der Waals surface area contributed by atoms with E-state index in [1.54, 1.807) is 6.92 Å². The summed E-state index contributed by atoms with van der Waals surface area (Å²) in [7, 11) is -2.75. The number of benzene rings is 1. The summed E-state index contributed by atoms with van der Waals surface area (Å²) in [5.41, 5.74) is -0.478. The van der Waals surface area contributed by atoms with E-state index in [2.05, 4.69) is 10.1 Å². The average molecular weight is 409 g/mol. The molecule has 0 atom stereocenters. The maximum absolute atomic E-state index is 14.0. The van der Waals surface area contributed by atoms with E-state index in [9.17, 15) is 22.0 Å². The lowest BCUT2D eigenvalue weighted by atomic mass is 10.2. The second kappa shape index (κ2) is 7.15. The van der Waals surface area contributed by atoms with E-state index in [0.717, 1.165) is 12.1 Å². The number of carbonyl (C=O) groups is 1. The number of nitrogens with zero attached hydrogens (tertiary/aromatic N) is 4. The number of hydrogen-bond donors (Lipinski definition) is 1. The Balaban J connectivity index is 1.93. The zero-order valence-corrected chi connectivity index (χ0v) is 16.1. The summed E-state index contributed by atoms with van der Waals surface area (Å²) in [6.45, 7) is 3.76. The molecule has 0 saturated carbocycles. The van der Waals surface area contributed by atoms with Crippen LogP contribution < -0.4 is 4.72 Å². The van der Waals surface area contributed by atoms with E-state index in [1.165, 1.54) is 41.7 Å². The molecule has 0 fully saturated rings. The van der Waals surface area contributed by atoms with Crippen LogP contribution in [-0.4, -0.2) is 33.7 Å². The van der Waals surface area contributed by atoms with Crippen LogP contribution in [0.25, 0.3) is 11.4 Å². The minimum Gasteiger partial charge on any atom is -0.333 e. The predicted molar refractivity (Wildman–Crippen MR) is 95.9 cm³/mol. The molecule has 2 heterocycles. The van der Waals surface area contributed by atoms with Crippen molar-refractivity contribution in [3.8, 4) is 11.4 Å². The highest BCUT2D eigenvalue weighted by molar-refractivity contribution is 7.90. The number of nitrogens with one attached hydrogen (secondary N) is 1. The Bertz CT molecular complexity index is 1150. The maximum atomic E-state index is 14.0. The van der Waals surface area contributed by atoms with Gasteiger partial charge in [0.2, 0.25) is 0 Å². The number of imidazole rings is 1. The summed E-state index contributed by atoms with van der Waals surface area (Å²) < 4.78 is 57.6. The molecule has 8 nitrogen and oxygen atoms in total. The summed E-state index contributed by atoms with van der Waals surface area (Å²) in [6, 6.07) is 3.33. The topological polar surface area (TPSA) is 98.9 Å². The van der Waals surface area contributed by atoms with Gasteiger partial charge < -0.3 is 4.57 Å². The third-order valence-corrected chi connectivity index (χ3v) is 5.47. The lowest BCUT2D eigenvalue weighted by molar-refractivity contribution is 0.0977. The number of carbonyl (C=O) groups excluding carboxylic acids is 1. The molecule has 0 saturated heterocycles. The van der Waals surface area contributed by atoms with E-state index < -0.39 is 33.1 Å². The van der Waals surface area contributed by atoms with Gasteiger partial charge in [-0.2, -0.15) is 5.10 Å². The van der Waals surface area contributed by atoms with Crippen LogP contribution in [0.1, 0.15) is 23.1 Å². The third-order valence-electron chi connectivity index (χ3n) is 4.04. The zero-order valence-electron chi connectivity index (χ0n) is 15.3. The Labute approximate surface area is 159 Å². The fraction of sp³-hybridized carbons (Fsp3) is 0.235. The molecule has 0 aliphatic rings. The van der Waals surface area contributed by atoms with Gasteiger partial charge in [0.1, 0.15) is 28.0 Å². The van der Waals surface area contributed by atoms with Crippen molar-refractivity contribution in [2.45, 2.75) is 25.3 Å². The van der Waals surface area contributed by atoms with Crippen LogP contribution in [-0.2, 0) is 23.6 Å². The lowest BCUT2D eigenvalue weighted by Gasteiger charge is -2.04. The molecule has 0 spiro atoms. The van der Waals surface area contributed by atoms with Crippen LogP contribution in [0.3, 0.4) is 0 Å². The van der Waals surface area contributed by atoms with Crippen LogP contribution in [0.4, 0.5) is 8.78 Å². The number of rotatable bonds is 5. The summed E-state index contributed by atoms with van der Waals surface area (Å²) in [5.74, 6) is -2.87. The van der Waals surface area contributed by atoms with Crippen molar-refractivity contribution in [2.24, 2.45) is 7.05 Å². The molecule has 28 heavy (non-hydrogen) atoms. The number of halogens is 2. The Morgan fingerprint density at radius 3 is 2.43 bits per heavy atom. The van der Waals surface area contributed by atoms with Gasteiger partial charge in [0, 0.05) is 26.0 Å². The van der Waals surface area contributed by atoms with Gasteiger partial charge in [0.25, 0.3) is 15.9 Å². The summed E-state index contributed by atoms with van der Waals surface area (Å²) in [4.78, 5) is 16.2. The minimum atomic E-state index is -4.19. The first-order chi connectivity index (χ1) is 13.1. The summed E-state index contributed by atoms with van der Waals surface area (Å²) >= 11 is 0. The molecular weight excluding hydrogens is 392 g/mol. The number of aromatic nitrogens is 4. The summed E-state index contributed by atoms with van der Waals surface area (Å²) in [5, 5.41) is 4.04. The third kappa shape index (κ3) is 3.52. The van der Waals surface area contributed by atoms with E-state index >= 15 is 0 Å². The van der Waals surface area contributed by atoms with Crippen molar-refractivity contribution in [3.63, 3.8) is 0 Å². The zero-order chi connectivity index (χ0) is 20.6. The Hall–Kier alpha value is -3.08. The molecular formula is C17H17F2N5O3S. The van der Waals surface area contributed by atoms with Gasteiger partial charge in [0.15, 0.2) is 0 Å². The molecule has 0 radical (unpaired) electrons. The van der Waals surface area contributed by atoms with Gasteiger partial charge in [-0.3, -0.25) is 9.48 Å². The number of hydrogen-bond acceptors (Lipinski definition) is 5. The van der Waals surface area contributed by atoms with E-state index in [1.807, 2.05) is 4.72 Å². The highest BCUT2D eigenvalue weighted by atomic mass is 32.2. The van der Waals surface area contributed by atoms with Crippen LogP contribution >= 0.6 is 0 Å². The van der Waals surface area contributed by atoms with Crippen molar-refractivity contribution < 1.29 is 22.0 Å². The van der Waals surface area contributed by atoms with Crippen LogP contribution in [0.5, 0.6) is 0 Å².